The minimum Gasteiger partial charge on any atom is -0.351 e. The van der Waals surface area contributed by atoms with Gasteiger partial charge in [-0.2, -0.15) is 0 Å². The third kappa shape index (κ3) is 5.66. The Labute approximate surface area is 178 Å². The summed E-state index contributed by atoms with van der Waals surface area (Å²) in [5, 5.41) is 14.5. The largest absolute Gasteiger partial charge is 0.351 e. The number of benzene rings is 2. The Morgan fingerprint density at radius 3 is 2.53 bits per heavy atom. The Kier molecular flexibility index (Phi) is 7.56. The summed E-state index contributed by atoms with van der Waals surface area (Å²) in [4.78, 5) is 24.2. The van der Waals surface area contributed by atoms with Crippen molar-refractivity contribution in [3.63, 3.8) is 0 Å². The van der Waals surface area contributed by atoms with Gasteiger partial charge in [-0.3, -0.25) is 9.59 Å². The van der Waals surface area contributed by atoms with Gasteiger partial charge in [0.1, 0.15) is 11.6 Å². The van der Waals surface area contributed by atoms with Gasteiger partial charge in [0.2, 0.25) is 5.91 Å². The lowest BCUT2D eigenvalue weighted by atomic mass is 10.2. The predicted molar refractivity (Wildman–Crippen MR) is 114 cm³/mol. The minimum atomic E-state index is -0.556. The molecule has 0 aliphatic heterocycles. The van der Waals surface area contributed by atoms with Crippen LogP contribution in [0.1, 0.15) is 23.1 Å². The molecule has 0 atom stereocenters. The number of hydrogen-bond donors (Lipinski definition) is 2. The molecule has 2 N–H and O–H groups in total. The maximum Gasteiger partial charge on any atom is 0.254 e. The van der Waals surface area contributed by atoms with E-state index in [-0.39, 0.29) is 17.2 Å². The molecule has 0 bridgehead atoms. The van der Waals surface area contributed by atoms with Gasteiger partial charge in [-0.1, -0.05) is 42.1 Å². The zero-order valence-corrected chi connectivity index (χ0v) is 17.3. The average Bonchev–Trinajstić information content (AvgIpc) is 3.15. The molecule has 9 heteroatoms. The summed E-state index contributed by atoms with van der Waals surface area (Å²) in [6.45, 7) is 2.88. The number of nitrogens with zero attached hydrogens (tertiary/aromatic N) is 3. The molecule has 0 fully saturated rings. The molecule has 156 valence electrons. The van der Waals surface area contributed by atoms with Crippen LogP contribution in [0.5, 0.6) is 0 Å². The van der Waals surface area contributed by atoms with Gasteiger partial charge >= 0.3 is 0 Å². The zero-order valence-electron chi connectivity index (χ0n) is 16.5. The number of nitrogens with one attached hydrogen (secondary N) is 2. The number of rotatable bonds is 9. The third-order valence-electron chi connectivity index (χ3n) is 4.25. The molecule has 0 aliphatic carbocycles. The molecule has 0 radical (unpaired) electrons. The summed E-state index contributed by atoms with van der Waals surface area (Å²) >= 11 is 1.30. The van der Waals surface area contributed by atoms with Crippen molar-refractivity contribution in [3.05, 3.63) is 71.8 Å². The summed E-state index contributed by atoms with van der Waals surface area (Å²) < 4.78 is 15.6. The lowest BCUT2D eigenvalue weighted by molar-refractivity contribution is -0.113. The molecular formula is C21H22FN5O2S. The van der Waals surface area contributed by atoms with Gasteiger partial charge in [0.15, 0.2) is 5.16 Å². The van der Waals surface area contributed by atoms with Crippen LogP contribution in [0.3, 0.4) is 0 Å². The van der Waals surface area contributed by atoms with Crippen LogP contribution in [-0.4, -0.2) is 38.9 Å². The second-order valence-electron chi connectivity index (χ2n) is 6.33. The van der Waals surface area contributed by atoms with Crippen LogP contribution in [0.15, 0.2) is 59.8 Å². The molecule has 3 aromatic rings. The maximum atomic E-state index is 13.7. The van der Waals surface area contributed by atoms with Gasteiger partial charge < -0.3 is 15.2 Å². The van der Waals surface area contributed by atoms with Crippen molar-refractivity contribution in [1.29, 1.82) is 0 Å². The molecule has 7 nitrogen and oxygen atoms in total. The SMILES string of the molecule is CCn1c(CCNC(=O)c2ccccc2F)nnc1SCC(=O)Nc1ccccc1. The maximum absolute atomic E-state index is 13.7. The molecule has 2 amide bonds. The molecule has 0 spiro atoms. The molecule has 1 aromatic heterocycles. The summed E-state index contributed by atoms with van der Waals surface area (Å²) in [7, 11) is 0. The fraction of sp³-hybridized carbons (Fsp3) is 0.238. The molecule has 3 rings (SSSR count). The standard InChI is InChI=1S/C21H22FN5O2S/c1-2-27-18(12-13-23-20(29)16-10-6-7-11-17(16)22)25-26-21(27)30-14-19(28)24-15-8-4-3-5-9-15/h3-11H,2,12-14H2,1H3,(H,23,29)(H,24,28). The first-order valence-electron chi connectivity index (χ1n) is 9.51. The highest BCUT2D eigenvalue weighted by Crippen LogP contribution is 2.18. The zero-order chi connectivity index (χ0) is 21.3. The number of para-hydroxylation sites is 1. The number of thioether (sulfide) groups is 1. The number of halogens is 1. The predicted octanol–water partition coefficient (Wildman–Crippen LogP) is 3.14. The molecule has 0 aliphatic rings. The van der Waals surface area contributed by atoms with Crippen LogP contribution in [0.25, 0.3) is 0 Å². The Hall–Kier alpha value is -3.20. The Morgan fingerprint density at radius 1 is 1.07 bits per heavy atom. The van der Waals surface area contributed by atoms with E-state index in [1.54, 1.807) is 6.07 Å². The van der Waals surface area contributed by atoms with E-state index in [2.05, 4.69) is 20.8 Å². The van der Waals surface area contributed by atoms with Gasteiger partial charge in [0.05, 0.1) is 11.3 Å². The van der Waals surface area contributed by atoms with Crippen LogP contribution in [0.2, 0.25) is 0 Å². The third-order valence-corrected chi connectivity index (χ3v) is 5.22. The lowest BCUT2D eigenvalue weighted by Crippen LogP contribution is -2.27. The first-order chi connectivity index (χ1) is 14.6. The Balaban J connectivity index is 1.52. The van der Waals surface area contributed by atoms with Crippen molar-refractivity contribution in [3.8, 4) is 0 Å². The molecule has 1 heterocycles. The van der Waals surface area contributed by atoms with Crippen LogP contribution < -0.4 is 10.6 Å². The van der Waals surface area contributed by atoms with E-state index in [1.165, 1.54) is 30.0 Å². The quantitative estimate of drug-likeness (QED) is 0.512. The number of hydrogen-bond acceptors (Lipinski definition) is 5. The highest BCUT2D eigenvalue weighted by atomic mass is 32.2. The van der Waals surface area contributed by atoms with Gasteiger partial charge in [0, 0.05) is 25.2 Å². The fourth-order valence-corrected chi connectivity index (χ4v) is 3.63. The summed E-state index contributed by atoms with van der Waals surface area (Å²) in [5.41, 5.74) is 0.751. The molecule has 0 saturated heterocycles. The van der Waals surface area contributed by atoms with Gasteiger partial charge in [-0.05, 0) is 31.2 Å². The summed E-state index contributed by atoms with van der Waals surface area (Å²) in [5.74, 6) is -0.258. The van der Waals surface area contributed by atoms with E-state index in [1.807, 2.05) is 41.8 Å². The minimum absolute atomic E-state index is 0.00938. The molecule has 2 aromatic carbocycles. The molecular weight excluding hydrogens is 405 g/mol. The van der Waals surface area contributed by atoms with Gasteiger partial charge in [-0.15, -0.1) is 10.2 Å². The van der Waals surface area contributed by atoms with Gasteiger partial charge in [0.25, 0.3) is 5.91 Å². The number of amides is 2. The van der Waals surface area contributed by atoms with E-state index in [0.29, 0.717) is 30.5 Å². The molecule has 0 unspecified atom stereocenters. The lowest BCUT2D eigenvalue weighted by Gasteiger charge is -2.09. The molecule has 0 saturated carbocycles. The van der Waals surface area contributed by atoms with Crippen molar-refractivity contribution in [2.75, 3.05) is 17.6 Å². The monoisotopic (exact) mass is 427 g/mol. The Bertz CT molecular complexity index is 1010. The number of anilines is 1. The Morgan fingerprint density at radius 2 is 1.80 bits per heavy atom. The highest BCUT2D eigenvalue weighted by molar-refractivity contribution is 7.99. The van der Waals surface area contributed by atoms with Crippen molar-refractivity contribution in [2.45, 2.75) is 25.0 Å². The van der Waals surface area contributed by atoms with Crippen LogP contribution in [0.4, 0.5) is 10.1 Å². The van der Waals surface area contributed by atoms with Crippen LogP contribution in [0, 0.1) is 5.82 Å². The van der Waals surface area contributed by atoms with Crippen LogP contribution in [-0.2, 0) is 17.8 Å². The van der Waals surface area contributed by atoms with Crippen molar-refractivity contribution in [2.24, 2.45) is 0 Å². The van der Waals surface area contributed by atoms with Crippen molar-refractivity contribution >= 4 is 29.3 Å². The smallest absolute Gasteiger partial charge is 0.254 e. The number of carbonyl (C=O) groups excluding carboxylic acids is 2. The first kappa shape index (κ1) is 21.5. The van der Waals surface area contributed by atoms with Crippen molar-refractivity contribution in [1.82, 2.24) is 20.1 Å². The van der Waals surface area contributed by atoms with Gasteiger partial charge in [-0.25, -0.2) is 4.39 Å². The second-order valence-corrected chi connectivity index (χ2v) is 7.27. The first-order valence-corrected chi connectivity index (χ1v) is 10.5. The van der Waals surface area contributed by atoms with E-state index >= 15 is 0 Å². The van der Waals surface area contributed by atoms with Crippen LogP contribution >= 0.6 is 11.8 Å². The number of carbonyl (C=O) groups is 2. The van der Waals surface area contributed by atoms with E-state index in [4.69, 9.17) is 0 Å². The normalized spacial score (nSPS) is 10.6. The highest BCUT2D eigenvalue weighted by Gasteiger charge is 2.15. The topological polar surface area (TPSA) is 88.9 Å². The van der Waals surface area contributed by atoms with E-state index in [0.717, 1.165) is 5.69 Å². The van der Waals surface area contributed by atoms with E-state index < -0.39 is 11.7 Å². The second kappa shape index (κ2) is 10.5. The number of aromatic nitrogens is 3. The van der Waals surface area contributed by atoms with Crippen molar-refractivity contribution < 1.29 is 14.0 Å². The summed E-state index contributed by atoms with van der Waals surface area (Å²) in [6.07, 6.45) is 0.442. The summed E-state index contributed by atoms with van der Waals surface area (Å²) in [6, 6.07) is 15.1. The van der Waals surface area contributed by atoms with E-state index in [9.17, 15) is 14.0 Å². The molecule has 30 heavy (non-hydrogen) atoms. The average molecular weight is 428 g/mol. The fourth-order valence-electron chi connectivity index (χ4n) is 2.81.